The number of hydrogen-bond acceptors (Lipinski definition) is 3. The molecule has 0 aromatic heterocycles. The van der Waals surface area contributed by atoms with E-state index in [1.54, 1.807) is 0 Å². The molecule has 1 heterocycles. The lowest BCUT2D eigenvalue weighted by Crippen LogP contribution is -2.16. The van der Waals surface area contributed by atoms with Gasteiger partial charge in [-0.1, -0.05) is 6.07 Å². The Balaban J connectivity index is 1.60. The summed E-state index contributed by atoms with van der Waals surface area (Å²) in [6.07, 6.45) is 3.31. The van der Waals surface area contributed by atoms with Gasteiger partial charge in [-0.25, -0.2) is 0 Å². The van der Waals surface area contributed by atoms with Crippen molar-refractivity contribution in [1.82, 2.24) is 0 Å². The molecular weight excluding hydrogens is 228 g/mol. The molecule has 96 valence electrons. The maximum absolute atomic E-state index is 5.86. The Kier molecular flexibility index (Phi) is 3.09. The Morgan fingerprint density at radius 1 is 1.22 bits per heavy atom. The third-order valence-electron chi connectivity index (χ3n) is 3.30. The van der Waals surface area contributed by atoms with E-state index in [9.17, 15) is 0 Å². The van der Waals surface area contributed by atoms with Crippen LogP contribution in [0.4, 0.5) is 0 Å². The van der Waals surface area contributed by atoms with Gasteiger partial charge < -0.3 is 15.2 Å². The highest BCUT2D eigenvalue weighted by Crippen LogP contribution is 2.31. The predicted octanol–water partition coefficient (Wildman–Crippen LogP) is 1.77. The van der Waals surface area contributed by atoms with Gasteiger partial charge in [-0.3, -0.25) is 4.99 Å². The van der Waals surface area contributed by atoms with Crippen molar-refractivity contribution in [2.24, 2.45) is 16.6 Å². The Morgan fingerprint density at radius 2 is 2.00 bits per heavy atom. The van der Waals surface area contributed by atoms with Crippen LogP contribution in [0.15, 0.2) is 23.2 Å². The zero-order valence-electron chi connectivity index (χ0n) is 10.4. The fourth-order valence-electron chi connectivity index (χ4n) is 2.07. The van der Waals surface area contributed by atoms with E-state index in [1.165, 1.54) is 18.4 Å². The summed E-state index contributed by atoms with van der Waals surface area (Å²) >= 11 is 0. The number of fused-ring (bicyclic) bond motifs is 1. The normalized spacial score (nSPS) is 18.8. The Labute approximate surface area is 107 Å². The van der Waals surface area contributed by atoms with Crippen molar-refractivity contribution in [2.45, 2.75) is 19.3 Å². The molecule has 0 spiro atoms. The zero-order valence-corrected chi connectivity index (χ0v) is 10.4. The van der Waals surface area contributed by atoms with Gasteiger partial charge in [0, 0.05) is 12.5 Å². The molecule has 0 unspecified atom stereocenters. The van der Waals surface area contributed by atoms with Gasteiger partial charge in [-0.05, 0) is 37.0 Å². The molecule has 0 saturated heterocycles. The molecule has 0 bridgehead atoms. The maximum atomic E-state index is 5.86. The SMILES string of the molecule is NC(=NCCc1ccc2c(c1)OCCO2)C1CC1. The molecule has 2 N–H and O–H groups in total. The fraction of sp³-hybridized carbons (Fsp3) is 0.500. The highest BCUT2D eigenvalue weighted by molar-refractivity contribution is 5.84. The van der Waals surface area contributed by atoms with Crippen molar-refractivity contribution >= 4 is 5.84 Å². The summed E-state index contributed by atoms with van der Waals surface area (Å²) in [5.41, 5.74) is 7.07. The lowest BCUT2D eigenvalue weighted by molar-refractivity contribution is 0.171. The number of ether oxygens (including phenoxy) is 2. The van der Waals surface area contributed by atoms with E-state index in [0.29, 0.717) is 19.1 Å². The van der Waals surface area contributed by atoms with Crippen LogP contribution in [0.3, 0.4) is 0 Å². The first-order chi connectivity index (χ1) is 8.83. The molecule has 0 atom stereocenters. The average Bonchev–Trinajstić information content (AvgIpc) is 3.23. The molecule has 1 aromatic rings. The van der Waals surface area contributed by atoms with Gasteiger partial charge in [-0.15, -0.1) is 0 Å². The van der Waals surface area contributed by atoms with Gasteiger partial charge in [0.15, 0.2) is 11.5 Å². The monoisotopic (exact) mass is 246 g/mol. The van der Waals surface area contributed by atoms with Crippen LogP contribution in [0, 0.1) is 5.92 Å². The molecule has 4 heteroatoms. The number of amidine groups is 1. The van der Waals surface area contributed by atoms with Crippen LogP contribution in [-0.4, -0.2) is 25.6 Å². The van der Waals surface area contributed by atoms with E-state index in [2.05, 4.69) is 11.1 Å². The molecule has 1 aromatic carbocycles. The summed E-state index contributed by atoms with van der Waals surface area (Å²) < 4.78 is 11.0. The second kappa shape index (κ2) is 4.88. The van der Waals surface area contributed by atoms with Crippen molar-refractivity contribution in [2.75, 3.05) is 19.8 Å². The largest absolute Gasteiger partial charge is 0.486 e. The second-order valence-electron chi connectivity index (χ2n) is 4.81. The van der Waals surface area contributed by atoms with Crippen molar-refractivity contribution in [3.05, 3.63) is 23.8 Å². The second-order valence-corrected chi connectivity index (χ2v) is 4.81. The lowest BCUT2D eigenvalue weighted by atomic mass is 10.1. The van der Waals surface area contributed by atoms with Gasteiger partial charge in [0.05, 0.1) is 5.84 Å². The molecule has 0 radical (unpaired) electrons. The molecule has 4 nitrogen and oxygen atoms in total. The average molecular weight is 246 g/mol. The number of aliphatic imine (C=N–C) groups is 1. The van der Waals surface area contributed by atoms with E-state index in [1.807, 2.05) is 12.1 Å². The minimum absolute atomic E-state index is 0.560. The molecule has 18 heavy (non-hydrogen) atoms. The van der Waals surface area contributed by atoms with Crippen LogP contribution >= 0.6 is 0 Å². The number of nitrogens with zero attached hydrogens (tertiary/aromatic N) is 1. The Morgan fingerprint density at radius 3 is 2.78 bits per heavy atom. The number of hydrogen-bond donors (Lipinski definition) is 1. The minimum atomic E-state index is 0.560. The minimum Gasteiger partial charge on any atom is -0.486 e. The number of benzene rings is 1. The van der Waals surface area contributed by atoms with Crippen LogP contribution in [0.25, 0.3) is 0 Å². The standard InChI is InChI=1S/C14H18N2O2/c15-14(11-2-3-11)16-6-5-10-1-4-12-13(9-10)18-8-7-17-12/h1,4,9,11H,2-3,5-8H2,(H2,15,16). The molecule has 1 fully saturated rings. The van der Waals surface area contributed by atoms with Gasteiger partial charge in [0.25, 0.3) is 0 Å². The van der Waals surface area contributed by atoms with Crippen LogP contribution in [0.2, 0.25) is 0 Å². The Hall–Kier alpha value is -1.71. The van der Waals surface area contributed by atoms with Crippen molar-refractivity contribution < 1.29 is 9.47 Å². The maximum Gasteiger partial charge on any atom is 0.161 e. The van der Waals surface area contributed by atoms with Crippen LogP contribution in [0.1, 0.15) is 18.4 Å². The summed E-state index contributed by atoms with van der Waals surface area (Å²) in [7, 11) is 0. The number of rotatable bonds is 4. The van der Waals surface area contributed by atoms with Crippen LogP contribution in [-0.2, 0) is 6.42 Å². The van der Waals surface area contributed by atoms with Crippen LogP contribution < -0.4 is 15.2 Å². The third kappa shape index (κ3) is 2.58. The summed E-state index contributed by atoms with van der Waals surface area (Å²) in [6, 6.07) is 6.07. The van der Waals surface area contributed by atoms with E-state index in [0.717, 1.165) is 30.3 Å². The lowest BCUT2D eigenvalue weighted by Gasteiger charge is -2.18. The molecule has 1 aliphatic heterocycles. The van der Waals surface area contributed by atoms with Crippen molar-refractivity contribution in [1.29, 1.82) is 0 Å². The first-order valence-electron chi connectivity index (χ1n) is 6.51. The van der Waals surface area contributed by atoms with Crippen molar-refractivity contribution in [3.8, 4) is 11.5 Å². The van der Waals surface area contributed by atoms with E-state index >= 15 is 0 Å². The molecule has 1 saturated carbocycles. The zero-order chi connectivity index (χ0) is 12.4. The Bertz CT molecular complexity index is 467. The summed E-state index contributed by atoms with van der Waals surface area (Å²) in [6.45, 7) is 2.01. The predicted molar refractivity (Wildman–Crippen MR) is 70.3 cm³/mol. The molecule has 2 aliphatic rings. The van der Waals surface area contributed by atoms with Gasteiger partial charge in [0.2, 0.25) is 0 Å². The topological polar surface area (TPSA) is 56.8 Å². The van der Waals surface area contributed by atoms with Crippen LogP contribution in [0.5, 0.6) is 11.5 Å². The van der Waals surface area contributed by atoms with E-state index < -0.39 is 0 Å². The quantitative estimate of drug-likeness (QED) is 0.650. The van der Waals surface area contributed by atoms with Gasteiger partial charge in [0.1, 0.15) is 13.2 Å². The van der Waals surface area contributed by atoms with Gasteiger partial charge >= 0.3 is 0 Å². The van der Waals surface area contributed by atoms with Gasteiger partial charge in [-0.2, -0.15) is 0 Å². The smallest absolute Gasteiger partial charge is 0.161 e. The molecule has 3 rings (SSSR count). The molecular formula is C14H18N2O2. The first kappa shape index (κ1) is 11.4. The highest BCUT2D eigenvalue weighted by atomic mass is 16.6. The fourth-order valence-corrected chi connectivity index (χ4v) is 2.07. The van der Waals surface area contributed by atoms with E-state index in [-0.39, 0.29) is 0 Å². The van der Waals surface area contributed by atoms with Crippen molar-refractivity contribution in [3.63, 3.8) is 0 Å². The summed E-state index contributed by atoms with van der Waals surface area (Å²) in [4.78, 5) is 4.42. The molecule has 0 amide bonds. The first-order valence-corrected chi connectivity index (χ1v) is 6.51. The third-order valence-corrected chi connectivity index (χ3v) is 3.30. The summed E-state index contributed by atoms with van der Waals surface area (Å²) in [5, 5.41) is 0. The van der Waals surface area contributed by atoms with E-state index in [4.69, 9.17) is 15.2 Å². The molecule has 1 aliphatic carbocycles. The number of nitrogens with two attached hydrogens (primary N) is 1. The summed E-state index contributed by atoms with van der Waals surface area (Å²) in [5.74, 6) is 3.07. The highest BCUT2D eigenvalue weighted by Gasteiger charge is 2.25.